The molecule has 4 heteroatoms. The van der Waals surface area contributed by atoms with Crippen molar-refractivity contribution in [2.45, 2.75) is 4.90 Å². The van der Waals surface area contributed by atoms with Crippen molar-refractivity contribution in [2.24, 2.45) is 0 Å². The SMILES string of the molecule is COS(=O)(=O)c1cccc(-c2ccccc2)c1. The molecule has 0 N–H and O–H groups in total. The number of rotatable bonds is 3. The Morgan fingerprint density at radius 2 is 1.53 bits per heavy atom. The zero-order valence-electron chi connectivity index (χ0n) is 9.33. The highest BCUT2D eigenvalue weighted by Gasteiger charge is 2.13. The minimum absolute atomic E-state index is 0.168. The Morgan fingerprint density at radius 3 is 2.18 bits per heavy atom. The summed E-state index contributed by atoms with van der Waals surface area (Å²) in [5.74, 6) is 0. The van der Waals surface area contributed by atoms with Gasteiger partial charge in [0.1, 0.15) is 0 Å². The molecule has 0 aliphatic carbocycles. The van der Waals surface area contributed by atoms with Crippen molar-refractivity contribution in [3.8, 4) is 11.1 Å². The molecule has 0 radical (unpaired) electrons. The lowest BCUT2D eigenvalue weighted by Gasteiger charge is -2.05. The lowest BCUT2D eigenvalue weighted by Crippen LogP contribution is -2.02. The van der Waals surface area contributed by atoms with E-state index in [2.05, 4.69) is 4.18 Å². The summed E-state index contributed by atoms with van der Waals surface area (Å²) in [6.45, 7) is 0. The molecule has 88 valence electrons. The van der Waals surface area contributed by atoms with E-state index in [1.165, 1.54) is 6.07 Å². The maximum Gasteiger partial charge on any atom is 0.296 e. The highest BCUT2D eigenvalue weighted by Crippen LogP contribution is 2.22. The van der Waals surface area contributed by atoms with Crippen LogP contribution in [0, 0.1) is 0 Å². The van der Waals surface area contributed by atoms with Crippen molar-refractivity contribution in [2.75, 3.05) is 7.11 Å². The van der Waals surface area contributed by atoms with Crippen LogP contribution < -0.4 is 0 Å². The molecule has 0 aliphatic heterocycles. The number of hydrogen-bond donors (Lipinski definition) is 0. The smallest absolute Gasteiger partial charge is 0.270 e. The van der Waals surface area contributed by atoms with Gasteiger partial charge in [-0.3, -0.25) is 4.18 Å². The van der Waals surface area contributed by atoms with Crippen LogP contribution in [0.2, 0.25) is 0 Å². The summed E-state index contributed by atoms with van der Waals surface area (Å²) in [5.41, 5.74) is 1.82. The zero-order chi connectivity index (χ0) is 12.3. The first-order valence-corrected chi connectivity index (χ1v) is 6.50. The van der Waals surface area contributed by atoms with Crippen molar-refractivity contribution in [1.29, 1.82) is 0 Å². The Labute approximate surface area is 101 Å². The molecule has 0 bridgehead atoms. The average Bonchev–Trinajstić information content (AvgIpc) is 2.40. The van der Waals surface area contributed by atoms with E-state index < -0.39 is 10.1 Å². The van der Waals surface area contributed by atoms with E-state index in [1.54, 1.807) is 12.1 Å². The Morgan fingerprint density at radius 1 is 0.882 bits per heavy atom. The molecule has 0 fully saturated rings. The fraction of sp³-hybridized carbons (Fsp3) is 0.0769. The molecular weight excluding hydrogens is 236 g/mol. The van der Waals surface area contributed by atoms with Gasteiger partial charge in [0, 0.05) is 0 Å². The molecule has 0 aromatic heterocycles. The fourth-order valence-corrected chi connectivity index (χ4v) is 2.27. The van der Waals surface area contributed by atoms with Gasteiger partial charge in [-0.05, 0) is 23.3 Å². The van der Waals surface area contributed by atoms with Gasteiger partial charge in [0.15, 0.2) is 0 Å². The summed E-state index contributed by atoms with van der Waals surface area (Å²) in [6.07, 6.45) is 0. The van der Waals surface area contributed by atoms with Crippen LogP contribution in [-0.2, 0) is 14.3 Å². The van der Waals surface area contributed by atoms with Gasteiger partial charge in [-0.15, -0.1) is 0 Å². The van der Waals surface area contributed by atoms with Crippen molar-refractivity contribution in [1.82, 2.24) is 0 Å². The van der Waals surface area contributed by atoms with Gasteiger partial charge in [-0.2, -0.15) is 8.42 Å². The summed E-state index contributed by atoms with van der Waals surface area (Å²) < 4.78 is 27.6. The molecule has 0 aliphatic rings. The third kappa shape index (κ3) is 2.54. The molecular formula is C13H12O3S. The largest absolute Gasteiger partial charge is 0.296 e. The summed E-state index contributed by atoms with van der Waals surface area (Å²) in [4.78, 5) is 0.168. The third-order valence-corrected chi connectivity index (χ3v) is 3.72. The number of benzene rings is 2. The van der Waals surface area contributed by atoms with E-state index in [0.29, 0.717) is 0 Å². The van der Waals surface area contributed by atoms with E-state index in [1.807, 2.05) is 36.4 Å². The Bertz CT molecular complexity index is 604. The zero-order valence-corrected chi connectivity index (χ0v) is 10.1. The summed E-state index contributed by atoms with van der Waals surface area (Å²) in [7, 11) is -2.47. The molecule has 0 amide bonds. The first kappa shape index (κ1) is 11.8. The molecule has 0 saturated heterocycles. The fourth-order valence-electron chi connectivity index (χ4n) is 1.56. The van der Waals surface area contributed by atoms with Crippen LogP contribution in [0.3, 0.4) is 0 Å². The minimum atomic E-state index is -3.63. The minimum Gasteiger partial charge on any atom is -0.270 e. The molecule has 0 spiro atoms. The van der Waals surface area contributed by atoms with E-state index in [4.69, 9.17) is 0 Å². The van der Waals surface area contributed by atoms with Crippen LogP contribution in [0.1, 0.15) is 0 Å². The van der Waals surface area contributed by atoms with Crippen molar-refractivity contribution >= 4 is 10.1 Å². The van der Waals surface area contributed by atoms with Crippen molar-refractivity contribution in [3.05, 3.63) is 54.6 Å². The van der Waals surface area contributed by atoms with Crippen molar-refractivity contribution in [3.63, 3.8) is 0 Å². The van der Waals surface area contributed by atoms with Crippen molar-refractivity contribution < 1.29 is 12.6 Å². The third-order valence-electron chi connectivity index (χ3n) is 2.45. The maximum absolute atomic E-state index is 11.6. The summed E-state index contributed by atoms with van der Waals surface area (Å²) in [6, 6.07) is 16.3. The summed E-state index contributed by atoms with van der Waals surface area (Å²) in [5, 5.41) is 0. The van der Waals surface area contributed by atoms with Crippen LogP contribution in [0.5, 0.6) is 0 Å². The molecule has 0 atom stereocenters. The predicted molar refractivity (Wildman–Crippen MR) is 66.1 cm³/mol. The Hall–Kier alpha value is -1.65. The van der Waals surface area contributed by atoms with Crippen LogP contribution in [0.25, 0.3) is 11.1 Å². The maximum atomic E-state index is 11.6. The monoisotopic (exact) mass is 248 g/mol. The Balaban J connectivity index is 2.50. The topological polar surface area (TPSA) is 43.4 Å². The van der Waals surface area contributed by atoms with Crippen LogP contribution in [0.4, 0.5) is 0 Å². The molecule has 0 heterocycles. The van der Waals surface area contributed by atoms with Gasteiger partial charge >= 0.3 is 0 Å². The molecule has 0 saturated carbocycles. The lowest BCUT2D eigenvalue weighted by molar-refractivity contribution is 0.398. The highest BCUT2D eigenvalue weighted by atomic mass is 32.2. The van der Waals surface area contributed by atoms with Gasteiger partial charge in [-0.1, -0.05) is 42.5 Å². The first-order valence-electron chi connectivity index (χ1n) is 5.09. The standard InChI is InChI=1S/C13H12O3S/c1-16-17(14,15)13-9-5-8-12(10-13)11-6-3-2-4-7-11/h2-10H,1H3. The second kappa shape index (κ2) is 4.69. The second-order valence-corrected chi connectivity index (χ2v) is 5.23. The van der Waals surface area contributed by atoms with Gasteiger partial charge in [0.25, 0.3) is 10.1 Å². The molecule has 17 heavy (non-hydrogen) atoms. The van der Waals surface area contributed by atoms with Crippen LogP contribution in [0.15, 0.2) is 59.5 Å². The second-order valence-electron chi connectivity index (χ2n) is 3.51. The summed E-state index contributed by atoms with van der Waals surface area (Å²) >= 11 is 0. The molecule has 2 aromatic carbocycles. The Kier molecular flexibility index (Phi) is 3.26. The van der Waals surface area contributed by atoms with E-state index >= 15 is 0 Å². The van der Waals surface area contributed by atoms with Crippen LogP contribution in [-0.4, -0.2) is 15.5 Å². The van der Waals surface area contributed by atoms with Gasteiger partial charge in [0.2, 0.25) is 0 Å². The lowest BCUT2D eigenvalue weighted by atomic mass is 10.1. The molecule has 2 rings (SSSR count). The van der Waals surface area contributed by atoms with Crippen LogP contribution >= 0.6 is 0 Å². The van der Waals surface area contributed by atoms with E-state index in [0.717, 1.165) is 18.2 Å². The van der Waals surface area contributed by atoms with E-state index in [9.17, 15) is 8.42 Å². The van der Waals surface area contributed by atoms with Gasteiger partial charge in [-0.25, -0.2) is 0 Å². The first-order chi connectivity index (χ1) is 8.13. The molecule has 0 unspecified atom stereocenters. The molecule has 3 nitrogen and oxygen atoms in total. The normalized spacial score (nSPS) is 11.4. The van der Waals surface area contributed by atoms with E-state index in [-0.39, 0.29) is 4.90 Å². The van der Waals surface area contributed by atoms with Gasteiger partial charge in [0.05, 0.1) is 12.0 Å². The number of hydrogen-bond acceptors (Lipinski definition) is 3. The quantitative estimate of drug-likeness (QED) is 0.784. The average molecular weight is 248 g/mol. The molecule has 2 aromatic rings. The van der Waals surface area contributed by atoms with Gasteiger partial charge < -0.3 is 0 Å². The predicted octanol–water partition coefficient (Wildman–Crippen LogP) is 2.69. The highest BCUT2D eigenvalue weighted by molar-refractivity contribution is 7.86.